The smallest absolute Gasteiger partial charge is 0.249 e. The van der Waals surface area contributed by atoms with Crippen molar-refractivity contribution in [3.63, 3.8) is 0 Å². The third-order valence-electron chi connectivity index (χ3n) is 1.62. The van der Waals surface area contributed by atoms with Gasteiger partial charge in [-0.2, -0.15) is 0 Å². The van der Waals surface area contributed by atoms with Gasteiger partial charge in [0.2, 0.25) is 5.91 Å². The minimum atomic E-state index is -1.06. The predicted molar refractivity (Wildman–Crippen MR) is 46.9 cm³/mol. The summed E-state index contributed by atoms with van der Waals surface area (Å²) in [6.45, 7) is 2.98. The number of rotatable bonds is 5. The highest BCUT2D eigenvalue weighted by Crippen LogP contribution is 2.00. The van der Waals surface area contributed by atoms with Crippen LogP contribution in [0.25, 0.3) is 0 Å². The Morgan fingerprint density at radius 2 is 1.92 bits per heavy atom. The molecule has 0 aromatic carbocycles. The summed E-state index contributed by atoms with van der Waals surface area (Å²) in [6, 6.07) is 0. The van der Waals surface area contributed by atoms with Crippen LogP contribution in [0.2, 0.25) is 0 Å². The largest absolute Gasteiger partial charge is 0.394 e. The van der Waals surface area contributed by atoms with Gasteiger partial charge in [0, 0.05) is 6.54 Å². The quantitative estimate of drug-likeness (QED) is 0.424. The van der Waals surface area contributed by atoms with Crippen molar-refractivity contribution in [2.24, 2.45) is 5.92 Å². The Labute approximate surface area is 77.4 Å². The van der Waals surface area contributed by atoms with Gasteiger partial charge in [-0.3, -0.25) is 4.79 Å². The van der Waals surface area contributed by atoms with Crippen molar-refractivity contribution in [2.75, 3.05) is 13.2 Å². The molecule has 13 heavy (non-hydrogen) atoms. The van der Waals surface area contributed by atoms with Crippen LogP contribution in [-0.4, -0.2) is 46.6 Å². The molecule has 0 heterocycles. The number of hydrogen-bond acceptors (Lipinski definition) is 4. The molecule has 0 aliphatic rings. The van der Waals surface area contributed by atoms with Gasteiger partial charge >= 0.3 is 0 Å². The van der Waals surface area contributed by atoms with Crippen LogP contribution in [0.5, 0.6) is 0 Å². The molecule has 0 fully saturated rings. The van der Waals surface area contributed by atoms with Crippen LogP contribution < -0.4 is 5.32 Å². The highest BCUT2D eigenvalue weighted by molar-refractivity contribution is 5.80. The molecule has 0 aliphatic heterocycles. The van der Waals surface area contributed by atoms with Gasteiger partial charge in [0.05, 0.1) is 12.7 Å². The Hall–Kier alpha value is -0.650. The van der Waals surface area contributed by atoms with Crippen molar-refractivity contribution in [3.8, 4) is 0 Å². The van der Waals surface area contributed by atoms with E-state index < -0.39 is 24.7 Å². The summed E-state index contributed by atoms with van der Waals surface area (Å²) in [5.41, 5.74) is 0. The lowest BCUT2D eigenvalue weighted by Gasteiger charge is -2.15. The molecule has 0 radical (unpaired) electrons. The number of carbonyl (C=O) groups excluding carboxylic acids is 1. The zero-order valence-electron chi connectivity index (χ0n) is 7.90. The molecule has 2 unspecified atom stereocenters. The van der Waals surface area contributed by atoms with E-state index in [2.05, 4.69) is 5.32 Å². The standard InChI is InChI=1S/C8H17NO4/c1-5(2)7(12)8(13)9-3-6(11)4-10/h5-7,10-12H,3-4H2,1-2H3,(H,9,13). The molecule has 4 N–H and O–H groups in total. The van der Waals surface area contributed by atoms with E-state index in [0.29, 0.717) is 0 Å². The second-order valence-corrected chi connectivity index (χ2v) is 3.27. The van der Waals surface area contributed by atoms with E-state index in [9.17, 15) is 9.90 Å². The van der Waals surface area contributed by atoms with Crippen LogP contribution in [0.1, 0.15) is 13.8 Å². The summed E-state index contributed by atoms with van der Waals surface area (Å²) in [5, 5.41) is 28.9. The zero-order valence-corrected chi connectivity index (χ0v) is 7.90. The third kappa shape index (κ3) is 4.82. The van der Waals surface area contributed by atoms with E-state index in [0.717, 1.165) is 0 Å². The monoisotopic (exact) mass is 191 g/mol. The lowest BCUT2D eigenvalue weighted by molar-refractivity contribution is -0.131. The van der Waals surface area contributed by atoms with Crippen molar-refractivity contribution >= 4 is 5.91 Å². The van der Waals surface area contributed by atoms with Crippen LogP contribution >= 0.6 is 0 Å². The van der Waals surface area contributed by atoms with Gasteiger partial charge in [0.1, 0.15) is 6.10 Å². The first-order chi connectivity index (χ1) is 5.99. The highest BCUT2D eigenvalue weighted by atomic mass is 16.3. The fourth-order valence-corrected chi connectivity index (χ4v) is 0.690. The number of amides is 1. The fourth-order valence-electron chi connectivity index (χ4n) is 0.690. The van der Waals surface area contributed by atoms with E-state index in [4.69, 9.17) is 10.2 Å². The van der Waals surface area contributed by atoms with Crippen LogP contribution in [0.4, 0.5) is 0 Å². The molecule has 0 aromatic rings. The van der Waals surface area contributed by atoms with E-state index in [1.807, 2.05) is 0 Å². The molecule has 0 spiro atoms. The predicted octanol–water partition coefficient (Wildman–Crippen LogP) is -1.53. The van der Waals surface area contributed by atoms with Gasteiger partial charge in [-0.05, 0) is 5.92 Å². The highest BCUT2D eigenvalue weighted by Gasteiger charge is 2.18. The van der Waals surface area contributed by atoms with Gasteiger partial charge in [-0.25, -0.2) is 0 Å². The second kappa shape index (κ2) is 5.90. The fraction of sp³-hybridized carbons (Fsp3) is 0.875. The lowest BCUT2D eigenvalue weighted by atomic mass is 10.1. The molecule has 5 heteroatoms. The lowest BCUT2D eigenvalue weighted by Crippen LogP contribution is -2.42. The number of hydrogen-bond donors (Lipinski definition) is 4. The summed E-state index contributed by atoms with van der Waals surface area (Å²) in [4.78, 5) is 11.1. The summed E-state index contributed by atoms with van der Waals surface area (Å²) in [5.74, 6) is -0.686. The van der Waals surface area contributed by atoms with Crippen LogP contribution in [-0.2, 0) is 4.79 Å². The van der Waals surface area contributed by atoms with Crippen LogP contribution in [0, 0.1) is 5.92 Å². The first-order valence-corrected chi connectivity index (χ1v) is 4.23. The third-order valence-corrected chi connectivity index (χ3v) is 1.62. The summed E-state index contributed by atoms with van der Waals surface area (Å²) in [7, 11) is 0. The minimum Gasteiger partial charge on any atom is -0.394 e. The minimum absolute atomic E-state index is 0.0425. The van der Waals surface area contributed by atoms with Crippen LogP contribution in [0.15, 0.2) is 0 Å². The summed E-state index contributed by atoms with van der Waals surface area (Å²) < 4.78 is 0. The second-order valence-electron chi connectivity index (χ2n) is 3.27. The molecule has 0 aliphatic carbocycles. The molecular formula is C8H17NO4. The van der Waals surface area contributed by atoms with Crippen molar-refractivity contribution in [2.45, 2.75) is 26.1 Å². The molecule has 0 saturated carbocycles. The van der Waals surface area contributed by atoms with Crippen LogP contribution in [0.3, 0.4) is 0 Å². The summed E-state index contributed by atoms with van der Waals surface area (Å²) >= 11 is 0. The van der Waals surface area contributed by atoms with Crippen molar-refractivity contribution in [1.82, 2.24) is 5.32 Å². The molecule has 0 saturated heterocycles. The Balaban J connectivity index is 3.74. The SMILES string of the molecule is CC(C)C(O)C(=O)NCC(O)CO. The van der Waals surface area contributed by atoms with Gasteiger partial charge in [0.15, 0.2) is 0 Å². The maximum atomic E-state index is 11.1. The van der Waals surface area contributed by atoms with Gasteiger partial charge < -0.3 is 20.6 Å². The van der Waals surface area contributed by atoms with Crippen molar-refractivity contribution < 1.29 is 20.1 Å². The Kier molecular flexibility index (Phi) is 5.61. The Morgan fingerprint density at radius 3 is 2.31 bits per heavy atom. The average Bonchev–Trinajstić information content (AvgIpc) is 2.11. The maximum Gasteiger partial charge on any atom is 0.249 e. The van der Waals surface area contributed by atoms with E-state index in [1.165, 1.54) is 0 Å². The Bertz CT molecular complexity index is 160. The molecular weight excluding hydrogens is 174 g/mol. The Morgan fingerprint density at radius 1 is 1.38 bits per heavy atom. The molecule has 1 amide bonds. The molecule has 78 valence electrons. The van der Waals surface area contributed by atoms with E-state index in [1.54, 1.807) is 13.8 Å². The van der Waals surface area contributed by atoms with Gasteiger partial charge in [0.25, 0.3) is 0 Å². The number of nitrogens with one attached hydrogen (secondary N) is 1. The van der Waals surface area contributed by atoms with Gasteiger partial charge in [-0.1, -0.05) is 13.8 Å². The molecule has 0 bridgehead atoms. The first-order valence-electron chi connectivity index (χ1n) is 4.23. The number of aliphatic hydroxyl groups excluding tert-OH is 3. The average molecular weight is 191 g/mol. The molecule has 0 aromatic heterocycles. The van der Waals surface area contributed by atoms with Crippen molar-refractivity contribution in [1.29, 1.82) is 0 Å². The van der Waals surface area contributed by atoms with Crippen molar-refractivity contribution in [3.05, 3.63) is 0 Å². The number of carbonyl (C=O) groups is 1. The normalized spacial score (nSPS) is 15.5. The molecule has 0 rings (SSSR count). The number of aliphatic hydroxyl groups is 3. The molecule has 2 atom stereocenters. The topological polar surface area (TPSA) is 89.8 Å². The summed E-state index contributed by atoms with van der Waals surface area (Å²) in [6.07, 6.45) is -2.03. The van der Waals surface area contributed by atoms with E-state index >= 15 is 0 Å². The maximum absolute atomic E-state index is 11.1. The zero-order chi connectivity index (χ0) is 10.4. The van der Waals surface area contributed by atoms with Gasteiger partial charge in [-0.15, -0.1) is 0 Å². The first kappa shape index (κ1) is 12.3. The van der Waals surface area contributed by atoms with E-state index in [-0.39, 0.29) is 12.5 Å². The molecule has 5 nitrogen and oxygen atoms in total.